The molecule has 130 valence electrons. The Hall–Kier alpha value is -1.08. The summed E-state index contributed by atoms with van der Waals surface area (Å²) in [5.41, 5.74) is 3.03. The first kappa shape index (κ1) is 19.2. The van der Waals surface area contributed by atoms with E-state index in [1.807, 2.05) is 26.0 Å². The number of carbonyl (C=O) groups is 1. The Morgan fingerprint density at radius 2 is 2.29 bits per heavy atom. The van der Waals surface area contributed by atoms with Gasteiger partial charge in [0.05, 0.1) is 0 Å². The maximum atomic E-state index is 12.1. The van der Waals surface area contributed by atoms with Gasteiger partial charge in [-0.05, 0) is 57.0 Å². The maximum absolute atomic E-state index is 12.1. The minimum atomic E-state index is 0. The Kier molecular flexibility index (Phi) is 7.10. The van der Waals surface area contributed by atoms with Gasteiger partial charge in [-0.15, -0.1) is 23.7 Å². The molecular formula is C17H22ClN3OS2. The summed E-state index contributed by atoms with van der Waals surface area (Å²) in [6, 6.07) is 6.46. The number of aryl methyl sites for hydroxylation is 2. The van der Waals surface area contributed by atoms with Crippen LogP contribution in [0.5, 0.6) is 0 Å². The van der Waals surface area contributed by atoms with Crippen molar-refractivity contribution < 1.29 is 4.79 Å². The minimum absolute atomic E-state index is 0. The number of nitrogens with one attached hydrogen (secondary N) is 2. The van der Waals surface area contributed by atoms with E-state index < -0.39 is 0 Å². The molecule has 1 aliphatic rings. The van der Waals surface area contributed by atoms with Crippen molar-refractivity contribution in [3.8, 4) is 0 Å². The van der Waals surface area contributed by atoms with Gasteiger partial charge < -0.3 is 10.6 Å². The number of anilines is 1. The van der Waals surface area contributed by atoms with Gasteiger partial charge in [0.15, 0.2) is 4.34 Å². The van der Waals surface area contributed by atoms with E-state index in [2.05, 4.69) is 27.1 Å². The highest BCUT2D eigenvalue weighted by Gasteiger charge is 2.18. The Bertz CT molecular complexity index is 699. The first-order valence-electron chi connectivity index (χ1n) is 7.84. The van der Waals surface area contributed by atoms with E-state index in [4.69, 9.17) is 0 Å². The monoisotopic (exact) mass is 383 g/mol. The number of benzene rings is 1. The van der Waals surface area contributed by atoms with E-state index in [1.54, 1.807) is 23.1 Å². The van der Waals surface area contributed by atoms with Crippen LogP contribution in [-0.4, -0.2) is 23.5 Å². The van der Waals surface area contributed by atoms with Crippen LogP contribution in [0.25, 0.3) is 0 Å². The second-order valence-electron chi connectivity index (χ2n) is 5.88. The van der Waals surface area contributed by atoms with E-state index in [1.165, 1.54) is 6.42 Å². The molecule has 1 aliphatic heterocycles. The molecule has 0 radical (unpaired) electrons. The average Bonchev–Trinajstić information content (AvgIpc) is 3.14. The molecule has 0 saturated carbocycles. The lowest BCUT2D eigenvalue weighted by molar-refractivity contribution is -0.116. The Morgan fingerprint density at radius 3 is 2.92 bits per heavy atom. The van der Waals surface area contributed by atoms with Crippen LogP contribution in [0.3, 0.4) is 0 Å². The SMILES string of the molecule is Cc1csc(Sc2ccc(NC(=O)CC3CCCN3)c(C)c2)n1.Cl. The summed E-state index contributed by atoms with van der Waals surface area (Å²) in [4.78, 5) is 17.7. The number of thiazole rings is 1. The first-order valence-corrected chi connectivity index (χ1v) is 9.53. The van der Waals surface area contributed by atoms with Crippen LogP contribution >= 0.6 is 35.5 Å². The van der Waals surface area contributed by atoms with Crippen LogP contribution in [0.1, 0.15) is 30.5 Å². The number of hydrogen-bond donors (Lipinski definition) is 2. The topological polar surface area (TPSA) is 54.0 Å². The van der Waals surface area contributed by atoms with E-state index >= 15 is 0 Å². The van der Waals surface area contributed by atoms with Crippen LogP contribution in [0.15, 0.2) is 32.8 Å². The van der Waals surface area contributed by atoms with Gasteiger partial charge in [0.1, 0.15) is 0 Å². The zero-order chi connectivity index (χ0) is 16.2. The molecule has 0 aliphatic carbocycles. The number of halogens is 1. The molecular weight excluding hydrogens is 362 g/mol. The summed E-state index contributed by atoms with van der Waals surface area (Å²) in [6.45, 7) is 5.06. The summed E-state index contributed by atoms with van der Waals surface area (Å²) < 4.78 is 1.05. The smallest absolute Gasteiger partial charge is 0.225 e. The van der Waals surface area contributed by atoms with Crippen LogP contribution in [0, 0.1) is 13.8 Å². The second-order valence-corrected chi connectivity index (χ2v) is 8.06. The molecule has 0 bridgehead atoms. The van der Waals surface area contributed by atoms with Gasteiger partial charge in [0, 0.05) is 34.1 Å². The van der Waals surface area contributed by atoms with E-state index in [0.717, 1.165) is 39.1 Å². The normalized spacial score (nSPS) is 16.7. The summed E-state index contributed by atoms with van der Waals surface area (Å²) >= 11 is 3.32. The predicted octanol–water partition coefficient (Wildman–Crippen LogP) is 4.41. The summed E-state index contributed by atoms with van der Waals surface area (Å²) in [5.74, 6) is 0.0865. The third-order valence-corrected chi connectivity index (χ3v) is 5.92. The van der Waals surface area contributed by atoms with Crippen LogP contribution < -0.4 is 10.6 Å². The third-order valence-electron chi connectivity index (χ3n) is 3.87. The molecule has 2 aromatic rings. The Morgan fingerprint density at radius 1 is 1.46 bits per heavy atom. The highest BCUT2D eigenvalue weighted by molar-refractivity contribution is 8.01. The third kappa shape index (κ3) is 5.21. The van der Waals surface area contributed by atoms with Gasteiger partial charge >= 0.3 is 0 Å². The highest BCUT2D eigenvalue weighted by Crippen LogP contribution is 2.32. The largest absolute Gasteiger partial charge is 0.326 e. The fourth-order valence-corrected chi connectivity index (χ4v) is 4.59. The highest BCUT2D eigenvalue weighted by atomic mass is 35.5. The lowest BCUT2D eigenvalue weighted by atomic mass is 10.1. The molecule has 1 aromatic carbocycles. The van der Waals surface area contributed by atoms with Crippen molar-refractivity contribution in [3.05, 3.63) is 34.8 Å². The number of aromatic nitrogens is 1. The number of rotatable bonds is 5. The van der Waals surface area contributed by atoms with Crippen LogP contribution in [-0.2, 0) is 4.79 Å². The van der Waals surface area contributed by atoms with Crippen molar-refractivity contribution in [2.45, 2.75) is 48.4 Å². The molecule has 24 heavy (non-hydrogen) atoms. The van der Waals surface area contributed by atoms with Crippen LogP contribution in [0.4, 0.5) is 5.69 Å². The van der Waals surface area contributed by atoms with Crippen molar-refractivity contribution in [3.63, 3.8) is 0 Å². The molecule has 3 rings (SSSR count). The van der Waals surface area contributed by atoms with Gasteiger partial charge in [-0.1, -0.05) is 11.8 Å². The Labute approximate surface area is 157 Å². The van der Waals surface area contributed by atoms with Crippen molar-refractivity contribution >= 4 is 47.1 Å². The van der Waals surface area contributed by atoms with Crippen molar-refractivity contribution in [1.82, 2.24) is 10.3 Å². The molecule has 1 aromatic heterocycles. The molecule has 1 saturated heterocycles. The zero-order valence-corrected chi connectivity index (χ0v) is 16.2. The number of amides is 1. The summed E-state index contributed by atoms with van der Waals surface area (Å²) in [6.07, 6.45) is 2.81. The second kappa shape index (κ2) is 8.85. The molecule has 1 unspecified atom stereocenters. The average molecular weight is 384 g/mol. The molecule has 4 nitrogen and oxygen atoms in total. The zero-order valence-electron chi connectivity index (χ0n) is 13.8. The van der Waals surface area contributed by atoms with Gasteiger partial charge in [-0.2, -0.15) is 0 Å². The minimum Gasteiger partial charge on any atom is -0.326 e. The van der Waals surface area contributed by atoms with Crippen LogP contribution in [0.2, 0.25) is 0 Å². The van der Waals surface area contributed by atoms with Gasteiger partial charge in [-0.25, -0.2) is 4.98 Å². The summed E-state index contributed by atoms with van der Waals surface area (Å²) in [7, 11) is 0. The fraction of sp³-hybridized carbons (Fsp3) is 0.412. The first-order chi connectivity index (χ1) is 11.1. The molecule has 1 amide bonds. The van der Waals surface area contributed by atoms with Crippen molar-refractivity contribution in [1.29, 1.82) is 0 Å². The molecule has 1 fully saturated rings. The molecule has 1 atom stereocenters. The Balaban J connectivity index is 0.00000208. The van der Waals surface area contributed by atoms with E-state index in [9.17, 15) is 4.79 Å². The number of hydrogen-bond acceptors (Lipinski definition) is 5. The van der Waals surface area contributed by atoms with Crippen molar-refractivity contribution in [2.75, 3.05) is 11.9 Å². The predicted molar refractivity (Wildman–Crippen MR) is 104 cm³/mol. The summed E-state index contributed by atoms with van der Waals surface area (Å²) in [5, 5.41) is 8.44. The van der Waals surface area contributed by atoms with Gasteiger partial charge in [-0.3, -0.25) is 4.79 Å². The standard InChI is InChI=1S/C17H21N3OS2.ClH/c1-11-8-14(23-17-19-12(2)10-22-17)5-6-15(11)20-16(21)9-13-4-3-7-18-13;/h5-6,8,10,13,18H,3-4,7,9H2,1-2H3,(H,20,21);1H. The number of nitrogens with zero attached hydrogens (tertiary/aromatic N) is 1. The lowest BCUT2D eigenvalue weighted by Crippen LogP contribution is -2.27. The molecule has 7 heteroatoms. The van der Waals surface area contributed by atoms with Gasteiger partial charge in [0.25, 0.3) is 0 Å². The molecule has 2 N–H and O–H groups in total. The quantitative estimate of drug-likeness (QED) is 0.802. The van der Waals surface area contributed by atoms with Gasteiger partial charge in [0.2, 0.25) is 5.91 Å². The fourth-order valence-electron chi connectivity index (χ4n) is 2.68. The molecule has 0 spiro atoms. The number of carbonyl (C=O) groups excluding carboxylic acids is 1. The maximum Gasteiger partial charge on any atom is 0.225 e. The van der Waals surface area contributed by atoms with E-state index in [0.29, 0.717) is 12.5 Å². The van der Waals surface area contributed by atoms with Crippen molar-refractivity contribution in [2.24, 2.45) is 0 Å². The lowest BCUT2D eigenvalue weighted by Gasteiger charge is -2.12. The van der Waals surface area contributed by atoms with E-state index in [-0.39, 0.29) is 18.3 Å². The molecule has 2 heterocycles.